The van der Waals surface area contributed by atoms with Crippen molar-refractivity contribution >= 4 is 39.0 Å². The molecule has 0 saturated carbocycles. The first-order valence-electron chi connectivity index (χ1n) is 5.08. The first-order chi connectivity index (χ1) is 8.28. The maximum absolute atomic E-state index is 5.05. The Morgan fingerprint density at radius 2 is 2.35 bits per heavy atom. The standard InChI is InChI=1S/C12H12BrNOS2/c1-15-6-10-7-17-12(14-10)8-16-11-4-2-3-9(13)5-11/h2-5,7H,6,8H2,1H3. The van der Waals surface area contributed by atoms with Crippen molar-refractivity contribution in [2.45, 2.75) is 17.3 Å². The summed E-state index contributed by atoms with van der Waals surface area (Å²) in [6.07, 6.45) is 0. The Morgan fingerprint density at radius 1 is 1.47 bits per heavy atom. The summed E-state index contributed by atoms with van der Waals surface area (Å²) in [5.74, 6) is 0.908. The van der Waals surface area contributed by atoms with Gasteiger partial charge in [0.15, 0.2) is 0 Å². The van der Waals surface area contributed by atoms with Gasteiger partial charge in [0.05, 0.1) is 18.1 Å². The number of thioether (sulfide) groups is 1. The highest BCUT2D eigenvalue weighted by molar-refractivity contribution is 9.10. The lowest BCUT2D eigenvalue weighted by Gasteiger charge is -1.99. The largest absolute Gasteiger partial charge is 0.378 e. The van der Waals surface area contributed by atoms with E-state index in [4.69, 9.17) is 4.74 Å². The minimum atomic E-state index is 0.595. The number of nitrogens with zero attached hydrogens (tertiary/aromatic N) is 1. The monoisotopic (exact) mass is 329 g/mol. The molecule has 0 N–H and O–H groups in total. The van der Waals surface area contributed by atoms with Crippen LogP contribution < -0.4 is 0 Å². The fourth-order valence-electron chi connectivity index (χ4n) is 1.33. The van der Waals surface area contributed by atoms with Crippen molar-refractivity contribution in [3.8, 4) is 0 Å². The topological polar surface area (TPSA) is 22.1 Å². The highest BCUT2D eigenvalue weighted by Gasteiger charge is 2.03. The molecule has 1 heterocycles. The van der Waals surface area contributed by atoms with Gasteiger partial charge in [-0.05, 0) is 18.2 Å². The second-order valence-corrected chi connectivity index (χ2v) is 6.32. The van der Waals surface area contributed by atoms with Gasteiger partial charge in [0.2, 0.25) is 0 Å². The number of benzene rings is 1. The first-order valence-corrected chi connectivity index (χ1v) is 7.74. The number of methoxy groups -OCH3 is 1. The summed E-state index contributed by atoms with van der Waals surface area (Å²) in [6.45, 7) is 0.595. The predicted molar refractivity (Wildman–Crippen MR) is 76.5 cm³/mol. The number of hydrogen-bond acceptors (Lipinski definition) is 4. The molecule has 0 aliphatic rings. The molecule has 17 heavy (non-hydrogen) atoms. The van der Waals surface area contributed by atoms with Crippen molar-refractivity contribution in [3.63, 3.8) is 0 Å². The molecule has 1 aromatic carbocycles. The number of aromatic nitrogens is 1. The molecule has 0 spiro atoms. The molecule has 2 rings (SSSR count). The second-order valence-electron chi connectivity index (χ2n) is 3.41. The van der Waals surface area contributed by atoms with Crippen molar-refractivity contribution in [2.75, 3.05) is 7.11 Å². The summed E-state index contributed by atoms with van der Waals surface area (Å²) < 4.78 is 6.16. The van der Waals surface area contributed by atoms with Crippen LogP contribution in [0.15, 0.2) is 39.0 Å². The van der Waals surface area contributed by atoms with Crippen molar-refractivity contribution in [1.82, 2.24) is 4.98 Å². The van der Waals surface area contributed by atoms with E-state index in [-0.39, 0.29) is 0 Å². The van der Waals surface area contributed by atoms with Gasteiger partial charge in [-0.1, -0.05) is 22.0 Å². The first kappa shape index (κ1) is 13.1. The van der Waals surface area contributed by atoms with Gasteiger partial charge in [-0.2, -0.15) is 0 Å². The lowest BCUT2D eigenvalue weighted by Crippen LogP contribution is -1.88. The molecule has 0 unspecified atom stereocenters. The van der Waals surface area contributed by atoms with Gasteiger partial charge in [0.25, 0.3) is 0 Å². The molecule has 1 aromatic heterocycles. The SMILES string of the molecule is COCc1csc(CSc2cccc(Br)c2)n1. The average Bonchev–Trinajstić information content (AvgIpc) is 2.75. The van der Waals surface area contributed by atoms with Gasteiger partial charge in [-0.25, -0.2) is 4.98 Å². The fraction of sp³-hybridized carbons (Fsp3) is 0.250. The smallest absolute Gasteiger partial charge is 0.103 e. The molecule has 2 nitrogen and oxygen atoms in total. The predicted octanol–water partition coefficient (Wildman–Crippen LogP) is 4.34. The third-order valence-corrected chi connectivity index (χ3v) is 4.63. The molecule has 0 atom stereocenters. The lowest BCUT2D eigenvalue weighted by molar-refractivity contribution is 0.182. The van der Waals surface area contributed by atoms with Crippen LogP contribution in [0.25, 0.3) is 0 Å². The average molecular weight is 330 g/mol. The zero-order chi connectivity index (χ0) is 12.1. The van der Waals surface area contributed by atoms with E-state index in [9.17, 15) is 0 Å². The van der Waals surface area contributed by atoms with E-state index in [1.165, 1.54) is 4.90 Å². The van der Waals surface area contributed by atoms with Crippen LogP contribution in [0.5, 0.6) is 0 Å². The molecule has 0 amide bonds. The quantitative estimate of drug-likeness (QED) is 0.761. The Bertz CT molecular complexity index is 487. The van der Waals surface area contributed by atoms with Crippen LogP contribution in [0.1, 0.15) is 10.7 Å². The van der Waals surface area contributed by atoms with E-state index in [1.807, 2.05) is 12.1 Å². The normalized spacial score (nSPS) is 10.7. The Labute approximate surface area is 118 Å². The molecule has 0 radical (unpaired) electrons. The molecule has 0 aliphatic heterocycles. The van der Waals surface area contributed by atoms with Gasteiger partial charge in [0, 0.05) is 21.9 Å². The molecule has 5 heteroatoms. The van der Waals surface area contributed by atoms with Crippen molar-refractivity contribution in [3.05, 3.63) is 44.8 Å². The van der Waals surface area contributed by atoms with Crippen molar-refractivity contribution in [1.29, 1.82) is 0 Å². The van der Waals surface area contributed by atoms with E-state index in [1.54, 1.807) is 30.2 Å². The summed E-state index contributed by atoms with van der Waals surface area (Å²) in [7, 11) is 1.69. The van der Waals surface area contributed by atoms with Crippen LogP contribution in [0, 0.1) is 0 Å². The number of hydrogen-bond donors (Lipinski definition) is 0. The van der Waals surface area contributed by atoms with E-state index in [2.05, 4.69) is 38.4 Å². The van der Waals surface area contributed by atoms with Gasteiger partial charge >= 0.3 is 0 Å². The summed E-state index contributed by atoms with van der Waals surface area (Å²) in [5.41, 5.74) is 1.02. The van der Waals surface area contributed by atoms with E-state index >= 15 is 0 Å². The summed E-state index contributed by atoms with van der Waals surface area (Å²) >= 11 is 6.96. The van der Waals surface area contributed by atoms with Crippen molar-refractivity contribution in [2.24, 2.45) is 0 Å². The van der Waals surface area contributed by atoms with Crippen LogP contribution in [0.3, 0.4) is 0 Å². The van der Waals surface area contributed by atoms with Crippen LogP contribution in [0.2, 0.25) is 0 Å². The lowest BCUT2D eigenvalue weighted by atomic mass is 10.4. The number of halogens is 1. The molecular formula is C12H12BrNOS2. The number of ether oxygens (including phenoxy) is 1. The second kappa shape index (κ2) is 6.54. The van der Waals surface area contributed by atoms with E-state index in [0.717, 1.165) is 20.9 Å². The highest BCUT2D eigenvalue weighted by Crippen LogP contribution is 2.26. The number of rotatable bonds is 5. The molecule has 0 aliphatic carbocycles. The molecule has 2 aromatic rings. The van der Waals surface area contributed by atoms with Crippen molar-refractivity contribution < 1.29 is 4.74 Å². The van der Waals surface area contributed by atoms with Crippen LogP contribution >= 0.6 is 39.0 Å². The molecule has 90 valence electrons. The third-order valence-electron chi connectivity index (χ3n) is 2.05. The zero-order valence-corrected chi connectivity index (χ0v) is 12.6. The Morgan fingerprint density at radius 3 is 3.12 bits per heavy atom. The summed E-state index contributed by atoms with van der Waals surface area (Å²) in [4.78, 5) is 5.75. The van der Waals surface area contributed by atoms with Gasteiger partial charge < -0.3 is 4.74 Å². The van der Waals surface area contributed by atoms with Gasteiger partial charge in [-0.15, -0.1) is 23.1 Å². The molecule has 0 saturated heterocycles. The maximum Gasteiger partial charge on any atom is 0.103 e. The third kappa shape index (κ3) is 4.10. The minimum Gasteiger partial charge on any atom is -0.378 e. The number of thiazole rings is 1. The fourth-order valence-corrected chi connectivity index (χ4v) is 3.63. The van der Waals surface area contributed by atoms with E-state index < -0.39 is 0 Å². The zero-order valence-electron chi connectivity index (χ0n) is 9.35. The Kier molecular flexibility index (Phi) is 5.03. The Balaban J connectivity index is 1.93. The Hall–Kier alpha value is -0.360. The van der Waals surface area contributed by atoms with E-state index in [0.29, 0.717) is 6.61 Å². The van der Waals surface area contributed by atoms with Crippen LogP contribution in [-0.4, -0.2) is 12.1 Å². The van der Waals surface area contributed by atoms with Crippen LogP contribution in [-0.2, 0) is 17.1 Å². The van der Waals surface area contributed by atoms with Gasteiger partial charge in [0.1, 0.15) is 5.01 Å². The van der Waals surface area contributed by atoms with Gasteiger partial charge in [-0.3, -0.25) is 0 Å². The summed E-state index contributed by atoms with van der Waals surface area (Å²) in [5, 5.41) is 3.20. The minimum absolute atomic E-state index is 0.595. The highest BCUT2D eigenvalue weighted by atomic mass is 79.9. The molecular weight excluding hydrogens is 318 g/mol. The van der Waals surface area contributed by atoms with Crippen LogP contribution in [0.4, 0.5) is 0 Å². The summed E-state index contributed by atoms with van der Waals surface area (Å²) in [6, 6.07) is 8.31. The molecule has 0 fully saturated rings. The molecule has 0 bridgehead atoms. The maximum atomic E-state index is 5.05.